The summed E-state index contributed by atoms with van der Waals surface area (Å²) in [5, 5.41) is 30.2. The number of rotatable bonds is 33. The van der Waals surface area contributed by atoms with Crippen molar-refractivity contribution in [1.82, 2.24) is 42.5 Å². The van der Waals surface area contributed by atoms with Gasteiger partial charge in [-0.1, -0.05) is 46.2 Å². The van der Waals surface area contributed by atoms with E-state index in [-0.39, 0.29) is 86.9 Å². The molecule has 1 saturated carbocycles. The first-order valence-corrected chi connectivity index (χ1v) is 23.5. The Morgan fingerprint density at radius 3 is 1.86 bits per heavy atom. The third kappa shape index (κ3) is 22.3. The molecule has 0 radical (unpaired) electrons. The Labute approximate surface area is 412 Å². The van der Waals surface area contributed by atoms with Crippen LogP contribution in [0.4, 0.5) is 0 Å². The van der Waals surface area contributed by atoms with Gasteiger partial charge < -0.3 is 70.6 Å². The fourth-order valence-corrected chi connectivity index (χ4v) is 7.59. The fourth-order valence-electron chi connectivity index (χ4n) is 7.59. The summed E-state index contributed by atoms with van der Waals surface area (Å²) >= 11 is 0. The molecule has 0 heterocycles. The van der Waals surface area contributed by atoms with Crippen LogP contribution in [0.3, 0.4) is 0 Å². The summed E-state index contributed by atoms with van der Waals surface area (Å²) in [6.45, 7) is 8.09. The van der Waals surface area contributed by atoms with Crippen LogP contribution < -0.4 is 65.5 Å². The van der Waals surface area contributed by atoms with Gasteiger partial charge in [0.05, 0.1) is 19.5 Å². The third-order valence-electron chi connectivity index (χ3n) is 11.7. The first kappa shape index (κ1) is 59.8. The number of benzene rings is 1. The van der Waals surface area contributed by atoms with Crippen molar-refractivity contribution < 1.29 is 62.6 Å². The van der Waals surface area contributed by atoms with Crippen LogP contribution in [0, 0.1) is 23.7 Å². The van der Waals surface area contributed by atoms with E-state index in [0.717, 1.165) is 0 Å². The first-order chi connectivity index (χ1) is 33.2. The van der Waals surface area contributed by atoms with Gasteiger partial charge >= 0.3 is 0 Å². The molecule has 0 spiro atoms. The zero-order chi connectivity index (χ0) is 53.6. The molecule has 0 bridgehead atoms. The summed E-state index contributed by atoms with van der Waals surface area (Å²) < 4.78 is 0. The molecular formula is C46H72N12O13. The number of nitrogens with two attached hydrogens (primary N) is 4. The van der Waals surface area contributed by atoms with Crippen LogP contribution in [0.1, 0.15) is 104 Å². The lowest BCUT2D eigenvalue weighted by molar-refractivity contribution is -0.135. The van der Waals surface area contributed by atoms with Crippen molar-refractivity contribution in [2.24, 2.45) is 46.6 Å². The lowest BCUT2D eigenvalue weighted by atomic mass is 9.89. The molecule has 1 aliphatic rings. The van der Waals surface area contributed by atoms with Gasteiger partial charge in [0, 0.05) is 38.1 Å². The van der Waals surface area contributed by atoms with Crippen LogP contribution >= 0.6 is 0 Å². The van der Waals surface area contributed by atoms with E-state index in [1.807, 2.05) is 13.8 Å². The first-order valence-electron chi connectivity index (χ1n) is 23.5. The van der Waals surface area contributed by atoms with Gasteiger partial charge in [0.15, 0.2) is 0 Å². The molecule has 1 aromatic rings. The number of hydrogen-bond acceptors (Lipinski definition) is 13. The van der Waals surface area contributed by atoms with Gasteiger partial charge in [-0.25, -0.2) is 0 Å². The van der Waals surface area contributed by atoms with Crippen LogP contribution in [0.2, 0.25) is 0 Å². The van der Waals surface area contributed by atoms with Crippen LogP contribution in [-0.4, -0.2) is 125 Å². The van der Waals surface area contributed by atoms with Crippen molar-refractivity contribution in [2.75, 3.05) is 19.6 Å². The van der Waals surface area contributed by atoms with E-state index in [1.54, 1.807) is 20.8 Å². The van der Waals surface area contributed by atoms with Crippen LogP contribution in [0.25, 0.3) is 0 Å². The summed E-state index contributed by atoms with van der Waals surface area (Å²) in [6, 6.07) is 0.0105. The largest absolute Gasteiger partial charge is 0.508 e. The minimum atomic E-state index is -1.54. The molecule has 0 aromatic heterocycles. The van der Waals surface area contributed by atoms with Gasteiger partial charge in [-0.2, -0.15) is 0 Å². The quantitative estimate of drug-likeness (QED) is 0.0326. The molecule has 0 aliphatic heterocycles. The van der Waals surface area contributed by atoms with Gasteiger partial charge in [0.2, 0.25) is 70.9 Å². The maximum Gasteiger partial charge on any atom is 0.245 e. The molecule has 71 heavy (non-hydrogen) atoms. The second-order valence-corrected chi connectivity index (χ2v) is 18.5. The van der Waals surface area contributed by atoms with E-state index in [9.17, 15) is 62.6 Å². The van der Waals surface area contributed by atoms with Crippen molar-refractivity contribution in [3.63, 3.8) is 0 Å². The molecule has 1 aromatic carbocycles. The van der Waals surface area contributed by atoms with Crippen LogP contribution in [0.15, 0.2) is 24.3 Å². The average Bonchev–Trinajstić information content (AvgIpc) is 4.07. The number of phenolic OH excluding ortho intramolecular Hbond substituents is 1. The van der Waals surface area contributed by atoms with E-state index in [2.05, 4.69) is 42.5 Å². The molecule has 1 fully saturated rings. The SMILES string of the molecule is CCC(C)C(NC(=O)C(Cc1ccc(O)cc1)NC(=O)CNC(=O)CCCC(=O)NCCC1CC1C(=O)NC(C)(CC(C)C)C(=O)NCC(N)=O)C(=O)NC(CCC(N)=O)C(=O)NC(CC(N)=O)C(N)=O. The zero-order valence-electron chi connectivity index (χ0n) is 41.0. The van der Waals surface area contributed by atoms with Gasteiger partial charge in [0.1, 0.15) is 35.5 Å². The highest BCUT2D eigenvalue weighted by Gasteiger charge is 2.46. The predicted octanol–water partition coefficient (Wildman–Crippen LogP) is -3.50. The number of aromatic hydroxyl groups is 1. The smallest absolute Gasteiger partial charge is 0.245 e. The summed E-state index contributed by atoms with van der Waals surface area (Å²) in [5.41, 5.74) is 20.1. The minimum absolute atomic E-state index is 0.0122. The van der Waals surface area contributed by atoms with E-state index in [0.29, 0.717) is 31.2 Å². The summed E-state index contributed by atoms with van der Waals surface area (Å²) in [7, 11) is 0. The van der Waals surface area contributed by atoms with Crippen molar-refractivity contribution in [2.45, 2.75) is 135 Å². The molecule has 8 unspecified atom stereocenters. The Hall–Kier alpha value is -7.34. The molecular weight excluding hydrogens is 929 g/mol. The van der Waals surface area contributed by atoms with Gasteiger partial charge in [-0.05, 0) is 74.5 Å². The van der Waals surface area contributed by atoms with E-state index in [1.165, 1.54) is 24.3 Å². The molecule has 0 saturated heterocycles. The number of amides is 12. The standard InChI is InChI=1S/C46H72N12O13/c1-6-25(4)39(44(70)55-30(14-15-33(47)60)42(68)56-31(40(50)66)20-34(48)61)57-43(69)32(18-26-10-12-28(59)13-11-26)54-38(65)23-52-37(64)9-7-8-36(63)51-17-16-27-19-29(27)41(67)58-46(5,21-24(2)3)45(71)53-22-35(49)62/h10-13,24-25,27,29-32,39,59H,6-9,14-23H2,1-5H3,(H2,47,60)(H2,48,61)(H2,49,62)(H2,50,66)(H,51,63)(H,52,64)(H,53,71)(H,54,65)(H,55,70)(H,56,68)(H,57,69)(H,58,67). The number of primary amides is 4. The van der Waals surface area contributed by atoms with E-state index in [4.69, 9.17) is 22.9 Å². The maximum absolute atomic E-state index is 13.9. The highest BCUT2D eigenvalue weighted by Crippen LogP contribution is 2.41. The maximum atomic E-state index is 13.9. The monoisotopic (exact) mass is 1000 g/mol. The normalized spacial score (nSPS) is 16.7. The molecule has 17 N–H and O–H groups in total. The summed E-state index contributed by atoms with van der Waals surface area (Å²) in [6.07, 6.45) is 0.213. The van der Waals surface area contributed by atoms with Gasteiger partial charge in [-0.3, -0.25) is 57.5 Å². The lowest BCUT2D eigenvalue weighted by Crippen LogP contribution is -2.60. The second-order valence-electron chi connectivity index (χ2n) is 18.5. The number of nitrogens with one attached hydrogen (secondary N) is 8. The van der Waals surface area contributed by atoms with E-state index >= 15 is 0 Å². The molecule has 25 nitrogen and oxygen atoms in total. The molecule has 2 rings (SSSR count). The topological polar surface area (TPSA) is 425 Å². The number of hydrogen-bond donors (Lipinski definition) is 13. The Balaban J connectivity index is 1.99. The molecule has 1 aliphatic carbocycles. The minimum Gasteiger partial charge on any atom is -0.508 e. The van der Waals surface area contributed by atoms with Crippen LogP contribution in [0.5, 0.6) is 5.75 Å². The Morgan fingerprint density at radius 1 is 0.690 bits per heavy atom. The highest BCUT2D eigenvalue weighted by molar-refractivity contribution is 5.97. The summed E-state index contributed by atoms with van der Waals surface area (Å²) in [5.74, 6) is -9.77. The van der Waals surface area contributed by atoms with Crippen molar-refractivity contribution in [3.05, 3.63) is 29.8 Å². The second kappa shape index (κ2) is 29.0. The number of phenols is 1. The number of carbonyl (C=O) groups is 12. The van der Waals surface area contributed by atoms with Crippen molar-refractivity contribution >= 4 is 70.9 Å². The molecule has 394 valence electrons. The van der Waals surface area contributed by atoms with E-state index < -0.39 is 108 Å². The predicted molar refractivity (Wildman–Crippen MR) is 255 cm³/mol. The summed E-state index contributed by atoms with van der Waals surface area (Å²) in [4.78, 5) is 151. The fraction of sp³-hybridized carbons (Fsp3) is 0.609. The third-order valence-corrected chi connectivity index (χ3v) is 11.7. The average molecular weight is 1000 g/mol. The molecule has 25 heteroatoms. The highest BCUT2D eigenvalue weighted by atomic mass is 16.3. The zero-order valence-corrected chi connectivity index (χ0v) is 41.0. The van der Waals surface area contributed by atoms with Crippen molar-refractivity contribution in [3.8, 4) is 5.75 Å². The Bertz CT molecular complexity index is 2100. The van der Waals surface area contributed by atoms with Gasteiger partial charge in [-0.15, -0.1) is 0 Å². The molecule has 12 amide bonds. The Kier molecular flexibility index (Phi) is 24.4. The lowest BCUT2D eigenvalue weighted by Gasteiger charge is -2.31. The van der Waals surface area contributed by atoms with Crippen LogP contribution in [-0.2, 0) is 64.0 Å². The molecule has 8 atom stereocenters. The Morgan fingerprint density at radius 2 is 1.30 bits per heavy atom. The van der Waals surface area contributed by atoms with Crippen molar-refractivity contribution in [1.29, 1.82) is 0 Å². The number of carbonyl (C=O) groups excluding carboxylic acids is 12. The van der Waals surface area contributed by atoms with Gasteiger partial charge in [0.25, 0.3) is 0 Å².